The molecule has 0 spiro atoms. The zero-order chi connectivity index (χ0) is 23.8. The van der Waals surface area contributed by atoms with E-state index in [1.807, 2.05) is 66.7 Å². The van der Waals surface area contributed by atoms with Crippen LogP contribution >= 0.6 is 0 Å². The lowest BCUT2D eigenvalue weighted by Gasteiger charge is -2.11. The summed E-state index contributed by atoms with van der Waals surface area (Å²) >= 11 is 0. The van der Waals surface area contributed by atoms with Crippen molar-refractivity contribution in [3.8, 4) is 5.75 Å². The molecule has 1 amide bonds. The van der Waals surface area contributed by atoms with Crippen molar-refractivity contribution in [1.82, 2.24) is 14.9 Å². The van der Waals surface area contributed by atoms with Crippen molar-refractivity contribution in [3.05, 3.63) is 102 Å². The van der Waals surface area contributed by atoms with Gasteiger partial charge in [-0.3, -0.25) is 4.79 Å². The van der Waals surface area contributed by atoms with Crippen molar-refractivity contribution in [2.75, 3.05) is 6.61 Å². The maximum Gasteiger partial charge on any atom is 0.244 e. The van der Waals surface area contributed by atoms with Crippen molar-refractivity contribution < 1.29 is 9.53 Å². The fourth-order valence-electron chi connectivity index (χ4n) is 3.83. The van der Waals surface area contributed by atoms with Crippen LogP contribution in [0.25, 0.3) is 17.1 Å². The molecular formula is C29H31N3O2. The Morgan fingerprint density at radius 3 is 2.50 bits per heavy atom. The van der Waals surface area contributed by atoms with Crippen molar-refractivity contribution in [1.29, 1.82) is 0 Å². The van der Waals surface area contributed by atoms with Crippen LogP contribution in [-0.2, 0) is 17.9 Å². The normalized spacial score (nSPS) is 11.4. The average molecular weight is 454 g/mol. The minimum atomic E-state index is -0.143. The lowest BCUT2D eigenvalue weighted by Crippen LogP contribution is -2.23. The molecule has 1 aromatic heterocycles. The van der Waals surface area contributed by atoms with E-state index in [9.17, 15) is 4.79 Å². The molecule has 5 nitrogen and oxygen atoms in total. The van der Waals surface area contributed by atoms with Crippen LogP contribution in [0.4, 0.5) is 0 Å². The van der Waals surface area contributed by atoms with Crippen LogP contribution in [0.1, 0.15) is 43.1 Å². The molecule has 1 N–H and O–H groups in total. The van der Waals surface area contributed by atoms with Crippen LogP contribution in [-0.4, -0.2) is 22.1 Å². The van der Waals surface area contributed by atoms with Crippen LogP contribution in [0, 0.1) is 0 Å². The van der Waals surface area contributed by atoms with Gasteiger partial charge >= 0.3 is 0 Å². The van der Waals surface area contributed by atoms with Gasteiger partial charge in [-0.05, 0) is 53.8 Å². The SMILES string of the molecule is CC(C)c1ccc(OCCCn2c(CNC(=O)/C=C\c3ccccc3)nc3ccccc32)cc1. The molecule has 5 heteroatoms. The summed E-state index contributed by atoms with van der Waals surface area (Å²) in [7, 11) is 0. The summed E-state index contributed by atoms with van der Waals surface area (Å²) in [5.74, 6) is 2.09. The molecule has 3 aromatic carbocycles. The molecule has 0 aliphatic rings. The summed E-state index contributed by atoms with van der Waals surface area (Å²) in [6, 6.07) is 26.1. The molecular weight excluding hydrogens is 422 g/mol. The van der Waals surface area contributed by atoms with Gasteiger partial charge in [0.1, 0.15) is 11.6 Å². The summed E-state index contributed by atoms with van der Waals surface area (Å²) in [5.41, 5.74) is 4.29. The van der Waals surface area contributed by atoms with Gasteiger partial charge in [0.2, 0.25) is 5.91 Å². The monoisotopic (exact) mass is 453 g/mol. The molecule has 1 heterocycles. The van der Waals surface area contributed by atoms with Crippen LogP contribution in [0.2, 0.25) is 0 Å². The van der Waals surface area contributed by atoms with Crippen molar-refractivity contribution in [2.24, 2.45) is 0 Å². The molecule has 0 radical (unpaired) electrons. The Morgan fingerprint density at radius 2 is 1.74 bits per heavy atom. The first kappa shape index (κ1) is 23.3. The summed E-state index contributed by atoms with van der Waals surface area (Å²) < 4.78 is 8.12. The number of rotatable bonds is 10. The number of carbonyl (C=O) groups is 1. The number of nitrogens with one attached hydrogen (secondary N) is 1. The first-order chi connectivity index (χ1) is 16.6. The van der Waals surface area contributed by atoms with E-state index in [2.05, 4.69) is 41.9 Å². The third-order valence-electron chi connectivity index (χ3n) is 5.72. The number of amides is 1. The fraction of sp³-hybridized carbons (Fsp3) is 0.241. The lowest BCUT2D eigenvalue weighted by molar-refractivity contribution is -0.116. The molecule has 0 bridgehead atoms. The number of aromatic nitrogens is 2. The smallest absolute Gasteiger partial charge is 0.244 e. The Balaban J connectivity index is 1.36. The van der Waals surface area contributed by atoms with Gasteiger partial charge in [0.25, 0.3) is 0 Å². The van der Waals surface area contributed by atoms with Crippen LogP contribution in [0.5, 0.6) is 5.75 Å². The number of ether oxygens (including phenoxy) is 1. The van der Waals surface area contributed by atoms with E-state index < -0.39 is 0 Å². The summed E-state index contributed by atoms with van der Waals surface area (Å²) in [5, 5.41) is 2.96. The average Bonchev–Trinajstić information content (AvgIpc) is 3.22. The number of fused-ring (bicyclic) bond motifs is 1. The Bertz CT molecular complexity index is 1240. The summed E-state index contributed by atoms with van der Waals surface area (Å²) in [4.78, 5) is 17.1. The van der Waals surface area contributed by atoms with Crippen LogP contribution in [0.15, 0.2) is 84.9 Å². The van der Waals surface area contributed by atoms with E-state index in [1.54, 1.807) is 6.08 Å². The van der Waals surface area contributed by atoms with E-state index in [1.165, 1.54) is 5.56 Å². The molecule has 0 aliphatic carbocycles. The number of para-hydroxylation sites is 2. The number of carbonyl (C=O) groups excluding carboxylic acids is 1. The summed E-state index contributed by atoms with van der Waals surface area (Å²) in [6.07, 6.45) is 4.20. The third-order valence-corrected chi connectivity index (χ3v) is 5.72. The van der Waals surface area contributed by atoms with Gasteiger partial charge < -0.3 is 14.6 Å². The number of hydrogen-bond acceptors (Lipinski definition) is 3. The third kappa shape index (κ3) is 6.13. The number of hydrogen-bond donors (Lipinski definition) is 1. The van der Waals surface area contributed by atoms with Gasteiger partial charge in [-0.1, -0.05) is 68.4 Å². The molecule has 34 heavy (non-hydrogen) atoms. The highest BCUT2D eigenvalue weighted by molar-refractivity contribution is 5.91. The van der Waals surface area contributed by atoms with Gasteiger partial charge in [-0.25, -0.2) is 4.98 Å². The Labute approximate surface area is 201 Å². The second kappa shape index (κ2) is 11.3. The molecule has 0 saturated carbocycles. The fourth-order valence-corrected chi connectivity index (χ4v) is 3.83. The maximum atomic E-state index is 12.3. The zero-order valence-corrected chi connectivity index (χ0v) is 19.8. The second-order valence-corrected chi connectivity index (χ2v) is 8.56. The first-order valence-electron chi connectivity index (χ1n) is 11.8. The minimum Gasteiger partial charge on any atom is -0.494 e. The number of benzene rings is 3. The van der Waals surface area contributed by atoms with Gasteiger partial charge in [0, 0.05) is 12.6 Å². The van der Waals surface area contributed by atoms with Crippen molar-refractivity contribution in [2.45, 2.75) is 39.3 Å². The van der Waals surface area contributed by atoms with Gasteiger partial charge in [0.15, 0.2) is 0 Å². The molecule has 0 fully saturated rings. The van der Waals surface area contributed by atoms with Crippen molar-refractivity contribution >= 4 is 23.0 Å². The van der Waals surface area contributed by atoms with E-state index in [0.717, 1.165) is 41.1 Å². The molecule has 0 atom stereocenters. The van der Waals surface area contributed by atoms with E-state index in [0.29, 0.717) is 19.1 Å². The lowest BCUT2D eigenvalue weighted by atomic mass is 10.0. The van der Waals surface area contributed by atoms with Crippen molar-refractivity contribution in [3.63, 3.8) is 0 Å². The quantitative estimate of drug-likeness (QED) is 0.238. The van der Waals surface area contributed by atoms with Crippen LogP contribution < -0.4 is 10.1 Å². The van der Waals surface area contributed by atoms with E-state index in [-0.39, 0.29) is 5.91 Å². The Hall–Kier alpha value is -3.86. The molecule has 0 saturated heterocycles. The Morgan fingerprint density at radius 1 is 1.00 bits per heavy atom. The molecule has 0 aliphatic heterocycles. The largest absolute Gasteiger partial charge is 0.494 e. The highest BCUT2D eigenvalue weighted by atomic mass is 16.5. The first-order valence-corrected chi connectivity index (χ1v) is 11.8. The minimum absolute atomic E-state index is 0.143. The molecule has 4 aromatic rings. The van der Waals surface area contributed by atoms with Gasteiger partial charge in [-0.2, -0.15) is 0 Å². The predicted molar refractivity (Wildman–Crippen MR) is 138 cm³/mol. The highest BCUT2D eigenvalue weighted by Gasteiger charge is 2.11. The molecule has 174 valence electrons. The zero-order valence-electron chi connectivity index (χ0n) is 19.8. The second-order valence-electron chi connectivity index (χ2n) is 8.56. The maximum absolute atomic E-state index is 12.3. The topological polar surface area (TPSA) is 56.1 Å². The van der Waals surface area contributed by atoms with Gasteiger partial charge in [-0.15, -0.1) is 0 Å². The standard InChI is InChI=1S/C29H31N3O2/c1-22(2)24-14-16-25(17-15-24)34-20-8-19-32-27-12-7-6-11-26(27)31-28(32)21-30-29(33)18-13-23-9-4-3-5-10-23/h3-7,9-18,22H,8,19-21H2,1-2H3,(H,30,33)/b18-13-. The van der Waals surface area contributed by atoms with Crippen LogP contribution in [0.3, 0.4) is 0 Å². The highest BCUT2D eigenvalue weighted by Crippen LogP contribution is 2.20. The van der Waals surface area contributed by atoms with Gasteiger partial charge in [0.05, 0.1) is 24.2 Å². The predicted octanol–water partition coefficient (Wildman–Crippen LogP) is 5.96. The number of nitrogens with zero attached hydrogens (tertiary/aromatic N) is 2. The summed E-state index contributed by atoms with van der Waals surface area (Å²) in [6.45, 7) is 6.11. The number of imidazole rings is 1. The molecule has 0 unspecified atom stereocenters. The molecule has 4 rings (SSSR count). The Kier molecular flexibility index (Phi) is 7.76. The van der Waals surface area contributed by atoms with E-state index >= 15 is 0 Å². The van der Waals surface area contributed by atoms with E-state index in [4.69, 9.17) is 9.72 Å². The number of aryl methyl sites for hydroxylation is 1.